The Hall–Kier alpha value is -1.96. The number of anilines is 1. The van der Waals surface area contributed by atoms with Crippen molar-refractivity contribution in [1.82, 2.24) is 10.3 Å². The van der Waals surface area contributed by atoms with Crippen LogP contribution in [-0.2, 0) is 20.8 Å². The lowest BCUT2D eigenvalue weighted by Gasteiger charge is -2.32. The molecule has 1 saturated carbocycles. The second kappa shape index (κ2) is 6.87. The van der Waals surface area contributed by atoms with Crippen molar-refractivity contribution in [2.24, 2.45) is 11.8 Å². The molecule has 1 aromatic heterocycles. The lowest BCUT2D eigenvalue weighted by molar-refractivity contribution is -0.146. The Balaban J connectivity index is 1.77. The minimum absolute atomic E-state index is 0.0626. The first-order chi connectivity index (χ1) is 10.3. The third kappa shape index (κ3) is 4.27. The number of hydrogen-bond acceptors (Lipinski definition) is 5. The number of aromatic nitrogens is 1. The maximum Gasteiger partial charge on any atom is 0.306 e. The van der Waals surface area contributed by atoms with Gasteiger partial charge in [-0.2, -0.15) is 0 Å². The normalized spacial score (nSPS) is 20.3. The SMILES string of the molecule is CC(C)C(=O)Nc1nc(CC(=O)NC2CC(C(=O)O)C2)cs1. The molecule has 7 nitrogen and oxygen atoms in total. The van der Waals surface area contributed by atoms with Gasteiger partial charge in [0.1, 0.15) is 0 Å². The van der Waals surface area contributed by atoms with E-state index in [4.69, 9.17) is 5.11 Å². The molecule has 2 amide bonds. The van der Waals surface area contributed by atoms with Crippen LogP contribution in [0.5, 0.6) is 0 Å². The average Bonchev–Trinajstić information content (AvgIpc) is 2.79. The summed E-state index contributed by atoms with van der Waals surface area (Å²) in [5.41, 5.74) is 0.593. The molecule has 0 aromatic carbocycles. The molecule has 0 atom stereocenters. The minimum atomic E-state index is -0.810. The number of thiazole rings is 1. The van der Waals surface area contributed by atoms with E-state index in [9.17, 15) is 14.4 Å². The average molecular weight is 325 g/mol. The van der Waals surface area contributed by atoms with Crippen molar-refractivity contribution in [3.05, 3.63) is 11.1 Å². The molecule has 0 radical (unpaired) electrons. The van der Waals surface area contributed by atoms with Gasteiger partial charge in [0, 0.05) is 17.3 Å². The van der Waals surface area contributed by atoms with Gasteiger partial charge in [0.15, 0.2) is 5.13 Å². The summed E-state index contributed by atoms with van der Waals surface area (Å²) in [7, 11) is 0. The van der Waals surface area contributed by atoms with Gasteiger partial charge in [-0.1, -0.05) is 13.8 Å². The Morgan fingerprint density at radius 1 is 1.41 bits per heavy atom. The highest BCUT2D eigenvalue weighted by molar-refractivity contribution is 7.13. The highest BCUT2D eigenvalue weighted by atomic mass is 32.1. The largest absolute Gasteiger partial charge is 0.481 e. The van der Waals surface area contributed by atoms with Gasteiger partial charge < -0.3 is 15.7 Å². The fraction of sp³-hybridized carbons (Fsp3) is 0.571. The number of amides is 2. The molecule has 0 aliphatic heterocycles. The van der Waals surface area contributed by atoms with Gasteiger partial charge in [-0.25, -0.2) is 4.98 Å². The molecule has 1 aliphatic rings. The van der Waals surface area contributed by atoms with Crippen molar-refractivity contribution < 1.29 is 19.5 Å². The molecule has 1 fully saturated rings. The number of carbonyl (C=O) groups is 3. The molecule has 0 saturated heterocycles. The lowest BCUT2D eigenvalue weighted by atomic mass is 9.80. The van der Waals surface area contributed by atoms with Gasteiger partial charge in [-0.3, -0.25) is 14.4 Å². The van der Waals surface area contributed by atoms with Gasteiger partial charge >= 0.3 is 5.97 Å². The van der Waals surface area contributed by atoms with Crippen molar-refractivity contribution in [3.63, 3.8) is 0 Å². The number of aliphatic carboxylic acids is 1. The van der Waals surface area contributed by atoms with Crippen molar-refractivity contribution in [1.29, 1.82) is 0 Å². The summed E-state index contributed by atoms with van der Waals surface area (Å²) in [4.78, 5) is 38.3. The molecule has 8 heteroatoms. The van der Waals surface area contributed by atoms with Gasteiger partial charge in [-0.15, -0.1) is 11.3 Å². The lowest BCUT2D eigenvalue weighted by Crippen LogP contribution is -2.47. The zero-order valence-corrected chi connectivity index (χ0v) is 13.3. The van der Waals surface area contributed by atoms with E-state index in [0.717, 1.165) is 0 Å². The first kappa shape index (κ1) is 16.4. The summed E-state index contributed by atoms with van der Waals surface area (Å²) < 4.78 is 0. The van der Waals surface area contributed by atoms with Gasteiger partial charge in [-0.05, 0) is 12.8 Å². The minimum Gasteiger partial charge on any atom is -0.481 e. The van der Waals surface area contributed by atoms with Crippen LogP contribution < -0.4 is 10.6 Å². The van der Waals surface area contributed by atoms with E-state index in [1.807, 2.05) is 0 Å². The third-order valence-corrected chi connectivity index (χ3v) is 4.31. The van der Waals surface area contributed by atoms with Crippen LogP contribution in [0.15, 0.2) is 5.38 Å². The number of carboxylic acid groups (broad SMARTS) is 1. The number of carbonyl (C=O) groups excluding carboxylic acids is 2. The third-order valence-electron chi connectivity index (χ3n) is 3.50. The summed E-state index contributed by atoms with van der Waals surface area (Å²) in [6.07, 6.45) is 1.09. The second-order valence-electron chi connectivity index (χ2n) is 5.74. The van der Waals surface area contributed by atoms with Crippen LogP contribution in [0, 0.1) is 11.8 Å². The van der Waals surface area contributed by atoms with E-state index in [0.29, 0.717) is 23.7 Å². The summed E-state index contributed by atoms with van der Waals surface area (Å²) in [5.74, 6) is -1.57. The summed E-state index contributed by atoms with van der Waals surface area (Å²) >= 11 is 1.28. The van der Waals surface area contributed by atoms with Crippen LogP contribution in [0.25, 0.3) is 0 Å². The monoisotopic (exact) mass is 325 g/mol. The molecule has 1 aliphatic carbocycles. The molecule has 1 aromatic rings. The van der Waals surface area contributed by atoms with E-state index >= 15 is 0 Å². The van der Waals surface area contributed by atoms with Gasteiger partial charge in [0.05, 0.1) is 18.0 Å². The fourth-order valence-corrected chi connectivity index (χ4v) is 2.79. The summed E-state index contributed by atoms with van der Waals surface area (Å²) in [5, 5.41) is 16.5. The van der Waals surface area contributed by atoms with Crippen molar-refractivity contribution >= 4 is 34.3 Å². The molecule has 2 rings (SSSR count). The predicted octanol–water partition coefficient (Wildman–Crippen LogP) is 1.26. The zero-order valence-electron chi connectivity index (χ0n) is 12.5. The van der Waals surface area contributed by atoms with Crippen LogP contribution in [0.4, 0.5) is 5.13 Å². The Labute approximate surface area is 132 Å². The second-order valence-corrected chi connectivity index (χ2v) is 6.59. The Kier molecular flexibility index (Phi) is 5.12. The van der Waals surface area contributed by atoms with E-state index in [2.05, 4.69) is 15.6 Å². The molecule has 0 bridgehead atoms. The molecule has 22 heavy (non-hydrogen) atoms. The fourth-order valence-electron chi connectivity index (χ4n) is 2.08. The number of hydrogen-bond donors (Lipinski definition) is 3. The highest BCUT2D eigenvalue weighted by Gasteiger charge is 2.35. The quantitative estimate of drug-likeness (QED) is 0.729. The van der Waals surface area contributed by atoms with Crippen molar-refractivity contribution in [2.45, 2.75) is 39.2 Å². The van der Waals surface area contributed by atoms with Crippen LogP contribution >= 0.6 is 11.3 Å². The maximum atomic E-state index is 11.9. The van der Waals surface area contributed by atoms with E-state index in [1.165, 1.54) is 11.3 Å². The predicted molar refractivity (Wildman–Crippen MR) is 81.6 cm³/mol. The van der Waals surface area contributed by atoms with Crippen LogP contribution in [-0.4, -0.2) is 33.9 Å². The molecule has 0 spiro atoms. The Morgan fingerprint density at radius 3 is 2.68 bits per heavy atom. The van der Waals surface area contributed by atoms with E-state index < -0.39 is 5.97 Å². The molecule has 0 unspecified atom stereocenters. The standard InChI is InChI=1S/C14H19N3O4S/c1-7(2)12(19)17-14-16-10(6-22-14)5-11(18)15-9-3-8(4-9)13(20)21/h6-9H,3-5H2,1-2H3,(H,15,18)(H,20,21)(H,16,17,19). The molecular weight excluding hydrogens is 306 g/mol. The van der Waals surface area contributed by atoms with E-state index in [-0.39, 0.29) is 36.1 Å². The zero-order chi connectivity index (χ0) is 16.3. The smallest absolute Gasteiger partial charge is 0.306 e. The summed E-state index contributed by atoms with van der Waals surface area (Å²) in [6, 6.07) is -0.0626. The Bertz CT molecular complexity index is 578. The Morgan fingerprint density at radius 2 is 2.09 bits per heavy atom. The highest BCUT2D eigenvalue weighted by Crippen LogP contribution is 2.27. The number of carboxylic acids is 1. The molecule has 1 heterocycles. The van der Waals surface area contributed by atoms with Crippen LogP contribution in [0.3, 0.4) is 0 Å². The van der Waals surface area contributed by atoms with Crippen molar-refractivity contribution in [3.8, 4) is 0 Å². The first-order valence-electron chi connectivity index (χ1n) is 7.12. The first-order valence-corrected chi connectivity index (χ1v) is 8.00. The van der Waals surface area contributed by atoms with Crippen molar-refractivity contribution in [2.75, 3.05) is 5.32 Å². The van der Waals surface area contributed by atoms with E-state index in [1.54, 1.807) is 19.2 Å². The van der Waals surface area contributed by atoms with Crippen LogP contribution in [0.1, 0.15) is 32.4 Å². The number of nitrogens with one attached hydrogen (secondary N) is 2. The number of rotatable bonds is 6. The number of nitrogens with zero attached hydrogens (tertiary/aromatic N) is 1. The maximum absolute atomic E-state index is 11.9. The molecular formula is C14H19N3O4S. The van der Waals surface area contributed by atoms with Gasteiger partial charge in [0.2, 0.25) is 11.8 Å². The topological polar surface area (TPSA) is 108 Å². The molecule has 3 N–H and O–H groups in total. The van der Waals surface area contributed by atoms with Crippen LogP contribution in [0.2, 0.25) is 0 Å². The summed E-state index contributed by atoms with van der Waals surface area (Å²) in [6.45, 7) is 3.58. The van der Waals surface area contributed by atoms with Gasteiger partial charge in [0.25, 0.3) is 0 Å². The molecule has 120 valence electrons.